The molecule has 4 heteroatoms. The second kappa shape index (κ2) is 9.60. The summed E-state index contributed by atoms with van der Waals surface area (Å²) < 4.78 is 2.36. The normalized spacial score (nSPS) is 13.3. The third-order valence-electron chi connectivity index (χ3n) is 8.96. The van der Waals surface area contributed by atoms with Gasteiger partial charge in [0.05, 0.1) is 33.6 Å². The van der Waals surface area contributed by atoms with Crippen molar-refractivity contribution >= 4 is 39.0 Å². The number of para-hydroxylation sites is 4. The van der Waals surface area contributed by atoms with Gasteiger partial charge in [0.1, 0.15) is 0 Å². The average Bonchev–Trinajstić information content (AvgIpc) is 3.48. The molecule has 2 aromatic heterocycles. The van der Waals surface area contributed by atoms with Crippen LogP contribution in [0.3, 0.4) is 0 Å². The summed E-state index contributed by atoms with van der Waals surface area (Å²) in [6.45, 7) is 5.28. The number of fused-ring (bicyclic) bond motifs is 6. The quantitative estimate of drug-likeness (QED) is 0.215. The summed E-state index contributed by atoms with van der Waals surface area (Å²) >= 11 is 0. The van der Waals surface area contributed by atoms with E-state index in [1.165, 1.54) is 27.6 Å². The molecule has 0 amide bonds. The van der Waals surface area contributed by atoms with Gasteiger partial charge in [-0.15, -0.1) is 0 Å². The molecule has 0 bridgehead atoms. The van der Waals surface area contributed by atoms with Crippen molar-refractivity contribution in [1.82, 2.24) is 9.55 Å². The molecule has 0 fully saturated rings. The summed E-state index contributed by atoms with van der Waals surface area (Å²) in [7, 11) is 0. The second-order valence-corrected chi connectivity index (χ2v) is 11.9. The van der Waals surface area contributed by atoms with Crippen LogP contribution in [0.5, 0.6) is 0 Å². The van der Waals surface area contributed by atoms with Crippen molar-refractivity contribution in [3.05, 3.63) is 150 Å². The van der Waals surface area contributed by atoms with Crippen LogP contribution in [-0.4, -0.2) is 9.55 Å². The molecule has 0 saturated carbocycles. The number of rotatable bonds is 5. The molecule has 2 N–H and O–H groups in total. The number of benzene rings is 5. The number of nitrogen functional groups attached to an aromatic ring is 1. The highest BCUT2D eigenvalue weighted by Crippen LogP contribution is 2.49. The maximum Gasteiger partial charge on any atom is 0.0967 e. The van der Waals surface area contributed by atoms with Crippen molar-refractivity contribution in [2.24, 2.45) is 0 Å². The van der Waals surface area contributed by atoms with Crippen LogP contribution in [0.1, 0.15) is 30.7 Å². The molecule has 2 heterocycles. The van der Waals surface area contributed by atoms with Crippen molar-refractivity contribution < 1.29 is 0 Å². The third kappa shape index (κ3) is 3.94. The zero-order chi connectivity index (χ0) is 29.1. The Morgan fingerprint density at radius 1 is 0.698 bits per heavy atom. The lowest BCUT2D eigenvalue weighted by molar-refractivity contribution is 0.640. The van der Waals surface area contributed by atoms with E-state index in [2.05, 4.69) is 133 Å². The summed E-state index contributed by atoms with van der Waals surface area (Å²) in [6.07, 6.45) is 0. The summed E-state index contributed by atoms with van der Waals surface area (Å²) in [5, 5.41) is 1.17. The van der Waals surface area contributed by atoms with Gasteiger partial charge in [0, 0.05) is 34.3 Å². The Labute approximate surface area is 251 Å². The van der Waals surface area contributed by atoms with Gasteiger partial charge in [0.15, 0.2) is 0 Å². The zero-order valence-electron chi connectivity index (χ0n) is 24.3. The molecule has 0 radical (unpaired) electrons. The summed E-state index contributed by atoms with van der Waals surface area (Å²) in [5.74, 6) is 0. The Hall–Kier alpha value is -5.35. The first-order valence-electron chi connectivity index (χ1n) is 14.8. The van der Waals surface area contributed by atoms with Crippen molar-refractivity contribution in [3.63, 3.8) is 0 Å². The van der Waals surface area contributed by atoms with E-state index in [1.807, 2.05) is 24.3 Å². The maximum absolute atomic E-state index is 6.44. The van der Waals surface area contributed by atoms with Gasteiger partial charge in [-0.05, 0) is 65.2 Å². The Morgan fingerprint density at radius 3 is 2.21 bits per heavy atom. The number of aromatic nitrogens is 2. The molecule has 4 nitrogen and oxygen atoms in total. The molecule has 0 atom stereocenters. The van der Waals surface area contributed by atoms with Crippen LogP contribution in [-0.2, 0) is 12.0 Å². The molecule has 0 aliphatic heterocycles. The third-order valence-corrected chi connectivity index (χ3v) is 8.96. The smallest absolute Gasteiger partial charge is 0.0967 e. The standard InChI is InChI=1S/C39H32N4/c1-39(2)32-16-8-6-14-29(32)31-24-36-37(41-38(31)39)30-15-7-10-18-34(30)43(36)28-22-20-26(21-23-28)25-42(27-12-4-3-5-13-27)35-19-11-9-17-33(35)40/h3-24H,25,40H2,1-2H3. The molecule has 5 aromatic carbocycles. The zero-order valence-corrected chi connectivity index (χ0v) is 24.3. The van der Waals surface area contributed by atoms with Crippen LogP contribution in [0.15, 0.2) is 133 Å². The van der Waals surface area contributed by atoms with Crippen LogP contribution in [0.2, 0.25) is 0 Å². The van der Waals surface area contributed by atoms with E-state index >= 15 is 0 Å². The van der Waals surface area contributed by atoms with Crippen LogP contribution in [0.4, 0.5) is 17.1 Å². The van der Waals surface area contributed by atoms with Gasteiger partial charge in [0.2, 0.25) is 0 Å². The van der Waals surface area contributed by atoms with E-state index in [4.69, 9.17) is 10.7 Å². The number of anilines is 3. The predicted molar refractivity (Wildman–Crippen MR) is 179 cm³/mol. The SMILES string of the molecule is CC1(C)c2ccccc2-c2cc3c(nc21)c1ccccc1n3-c1ccc(CN(c2ccccc2)c2ccccc2N)cc1. The molecular weight excluding hydrogens is 524 g/mol. The van der Waals surface area contributed by atoms with E-state index in [9.17, 15) is 0 Å². The number of nitrogens with two attached hydrogens (primary N) is 1. The maximum atomic E-state index is 6.44. The largest absolute Gasteiger partial charge is 0.397 e. The number of hydrogen-bond acceptors (Lipinski definition) is 3. The van der Waals surface area contributed by atoms with Crippen molar-refractivity contribution in [3.8, 4) is 16.8 Å². The molecule has 43 heavy (non-hydrogen) atoms. The lowest BCUT2D eigenvalue weighted by Crippen LogP contribution is -2.17. The molecule has 7 aromatic rings. The van der Waals surface area contributed by atoms with Gasteiger partial charge in [-0.25, -0.2) is 4.98 Å². The number of hydrogen-bond donors (Lipinski definition) is 1. The first-order chi connectivity index (χ1) is 21.0. The molecular formula is C39H32N4. The molecule has 0 saturated heterocycles. The predicted octanol–water partition coefficient (Wildman–Crippen LogP) is 9.41. The topological polar surface area (TPSA) is 47.1 Å². The number of nitrogens with zero attached hydrogens (tertiary/aromatic N) is 3. The Morgan fingerprint density at radius 2 is 1.40 bits per heavy atom. The van der Waals surface area contributed by atoms with Gasteiger partial charge in [-0.1, -0.05) is 98.8 Å². The van der Waals surface area contributed by atoms with Crippen molar-refractivity contribution in [2.45, 2.75) is 25.8 Å². The van der Waals surface area contributed by atoms with Gasteiger partial charge in [-0.2, -0.15) is 0 Å². The highest BCUT2D eigenvalue weighted by molar-refractivity contribution is 6.08. The Bertz CT molecular complexity index is 2140. The Balaban J connectivity index is 1.25. The van der Waals surface area contributed by atoms with E-state index in [0.717, 1.165) is 45.0 Å². The van der Waals surface area contributed by atoms with Gasteiger partial charge >= 0.3 is 0 Å². The van der Waals surface area contributed by atoms with Crippen LogP contribution in [0, 0.1) is 0 Å². The fourth-order valence-corrected chi connectivity index (χ4v) is 6.81. The minimum Gasteiger partial charge on any atom is -0.397 e. The Kier molecular flexibility index (Phi) is 5.66. The van der Waals surface area contributed by atoms with Gasteiger partial charge in [0.25, 0.3) is 0 Å². The van der Waals surface area contributed by atoms with Gasteiger partial charge < -0.3 is 15.2 Å². The van der Waals surface area contributed by atoms with Crippen LogP contribution >= 0.6 is 0 Å². The van der Waals surface area contributed by atoms with Crippen LogP contribution in [0.25, 0.3) is 38.8 Å². The first-order valence-corrected chi connectivity index (χ1v) is 14.8. The summed E-state index contributed by atoms with van der Waals surface area (Å²) in [5.41, 5.74) is 19.8. The highest BCUT2D eigenvalue weighted by atomic mass is 15.1. The summed E-state index contributed by atoms with van der Waals surface area (Å²) in [6, 6.07) is 47.1. The molecule has 1 aliphatic rings. The average molecular weight is 557 g/mol. The first kappa shape index (κ1) is 25.4. The lowest BCUT2D eigenvalue weighted by atomic mass is 9.85. The summed E-state index contributed by atoms with van der Waals surface area (Å²) in [4.78, 5) is 7.67. The van der Waals surface area contributed by atoms with Crippen molar-refractivity contribution in [2.75, 3.05) is 10.6 Å². The van der Waals surface area contributed by atoms with E-state index in [-0.39, 0.29) is 5.41 Å². The monoisotopic (exact) mass is 556 g/mol. The van der Waals surface area contributed by atoms with E-state index < -0.39 is 0 Å². The molecule has 8 rings (SSSR count). The second-order valence-electron chi connectivity index (χ2n) is 11.9. The van der Waals surface area contributed by atoms with E-state index in [0.29, 0.717) is 6.54 Å². The molecule has 1 aliphatic carbocycles. The highest BCUT2D eigenvalue weighted by Gasteiger charge is 2.37. The van der Waals surface area contributed by atoms with Crippen molar-refractivity contribution in [1.29, 1.82) is 0 Å². The van der Waals surface area contributed by atoms with Gasteiger partial charge in [-0.3, -0.25) is 0 Å². The lowest BCUT2D eigenvalue weighted by Gasteiger charge is -2.26. The molecule has 208 valence electrons. The minimum atomic E-state index is -0.141. The number of pyridine rings is 1. The van der Waals surface area contributed by atoms with E-state index in [1.54, 1.807) is 0 Å². The fraction of sp³-hybridized carbons (Fsp3) is 0.103. The fourth-order valence-electron chi connectivity index (χ4n) is 6.81. The molecule has 0 unspecified atom stereocenters. The molecule has 0 spiro atoms. The van der Waals surface area contributed by atoms with Crippen LogP contribution < -0.4 is 10.6 Å². The minimum absolute atomic E-state index is 0.141.